The Kier molecular flexibility index (Phi) is 8.98. The van der Waals surface area contributed by atoms with Gasteiger partial charge >= 0.3 is 11.2 Å². The van der Waals surface area contributed by atoms with Gasteiger partial charge in [-0.15, -0.1) is 11.3 Å². The number of rotatable bonds is 11. The van der Waals surface area contributed by atoms with Gasteiger partial charge < -0.3 is 10.1 Å². The minimum atomic E-state index is -4.81. The fraction of sp³-hybridized carbons (Fsp3) is 0.542. The number of anilines is 1. The molecule has 1 heterocycles. The lowest BCUT2D eigenvalue weighted by molar-refractivity contribution is -0.142. The standard InChI is InChI=1S/C24H30F2N2O5S2/c1-3-24(25,26)35(31,32)19-11-9-17(10-12-19)20(13-16-7-5-6-8-16)22(30)28-23-27-18(15-34-23)14-21(29)33-4-2/h9-12,15-16,20H,3-8,13-14H2,1-2H3,(H,27,28,30). The predicted molar refractivity (Wildman–Crippen MR) is 129 cm³/mol. The van der Waals surface area contributed by atoms with E-state index in [1.807, 2.05) is 0 Å². The summed E-state index contributed by atoms with van der Waals surface area (Å²) >= 11 is 1.19. The first-order valence-electron chi connectivity index (χ1n) is 11.7. The Bertz CT molecular complexity index is 1130. The maximum Gasteiger partial charge on any atom is 0.349 e. The van der Waals surface area contributed by atoms with Crippen LogP contribution in [0.3, 0.4) is 0 Å². The summed E-state index contributed by atoms with van der Waals surface area (Å²) in [5.41, 5.74) is 1.04. The van der Waals surface area contributed by atoms with Crippen molar-refractivity contribution in [2.75, 3.05) is 11.9 Å². The van der Waals surface area contributed by atoms with E-state index in [0.717, 1.165) is 44.7 Å². The number of thiazole rings is 1. The van der Waals surface area contributed by atoms with Crippen molar-refractivity contribution in [1.82, 2.24) is 4.98 Å². The topological polar surface area (TPSA) is 102 Å². The third-order valence-electron chi connectivity index (χ3n) is 6.17. The molecule has 1 aromatic heterocycles. The largest absolute Gasteiger partial charge is 0.466 e. The molecule has 0 spiro atoms. The smallest absolute Gasteiger partial charge is 0.349 e. The molecular weight excluding hydrogens is 498 g/mol. The van der Waals surface area contributed by atoms with E-state index in [2.05, 4.69) is 10.3 Å². The molecule has 11 heteroatoms. The maximum absolute atomic E-state index is 14.0. The molecule has 1 amide bonds. The normalized spacial score (nSPS) is 15.7. The quantitative estimate of drug-likeness (QED) is 0.396. The van der Waals surface area contributed by atoms with Gasteiger partial charge in [-0.25, -0.2) is 13.4 Å². The highest BCUT2D eigenvalue weighted by molar-refractivity contribution is 7.92. The number of nitrogens with one attached hydrogen (secondary N) is 1. The van der Waals surface area contributed by atoms with Gasteiger partial charge in [-0.3, -0.25) is 9.59 Å². The van der Waals surface area contributed by atoms with E-state index < -0.39 is 38.3 Å². The fourth-order valence-electron chi connectivity index (χ4n) is 4.21. The molecule has 2 aromatic rings. The van der Waals surface area contributed by atoms with E-state index in [1.54, 1.807) is 12.3 Å². The van der Waals surface area contributed by atoms with E-state index in [0.29, 0.717) is 28.7 Å². The Hall–Kier alpha value is -2.40. The van der Waals surface area contributed by atoms with Gasteiger partial charge in [0.1, 0.15) is 0 Å². The number of carbonyl (C=O) groups excluding carboxylic acids is 2. The van der Waals surface area contributed by atoms with Gasteiger partial charge in [0.2, 0.25) is 15.7 Å². The minimum absolute atomic E-state index is 0.00401. The molecule has 0 radical (unpaired) electrons. The predicted octanol–water partition coefficient (Wildman–Crippen LogP) is 5.33. The van der Waals surface area contributed by atoms with Crippen molar-refractivity contribution in [3.63, 3.8) is 0 Å². The summed E-state index contributed by atoms with van der Waals surface area (Å²) in [7, 11) is -4.81. The van der Waals surface area contributed by atoms with Crippen LogP contribution < -0.4 is 5.32 Å². The van der Waals surface area contributed by atoms with E-state index >= 15 is 0 Å². The van der Waals surface area contributed by atoms with Crippen LogP contribution in [-0.4, -0.2) is 37.1 Å². The molecule has 3 rings (SSSR count). The van der Waals surface area contributed by atoms with Crippen molar-refractivity contribution >= 4 is 38.2 Å². The summed E-state index contributed by atoms with van der Waals surface area (Å²) in [6.45, 7) is 3.10. The highest BCUT2D eigenvalue weighted by Gasteiger charge is 2.44. The molecule has 1 aliphatic carbocycles. The van der Waals surface area contributed by atoms with Crippen LogP contribution >= 0.6 is 11.3 Å². The molecule has 0 saturated heterocycles. The SMILES string of the molecule is CCOC(=O)Cc1csc(NC(=O)C(CC2CCCC2)c2ccc(S(=O)(=O)C(F)(F)CC)cc2)n1. The summed E-state index contributed by atoms with van der Waals surface area (Å²) in [5, 5.41) is 0.950. The van der Waals surface area contributed by atoms with Gasteiger partial charge in [0.05, 0.1) is 29.5 Å². The van der Waals surface area contributed by atoms with Crippen molar-refractivity contribution in [2.24, 2.45) is 5.92 Å². The molecule has 1 aliphatic rings. The van der Waals surface area contributed by atoms with Crippen LogP contribution in [0.4, 0.5) is 13.9 Å². The molecule has 1 saturated carbocycles. The highest BCUT2D eigenvalue weighted by Crippen LogP contribution is 2.37. The van der Waals surface area contributed by atoms with Crippen molar-refractivity contribution in [3.05, 3.63) is 40.9 Å². The van der Waals surface area contributed by atoms with Crippen molar-refractivity contribution in [1.29, 1.82) is 0 Å². The molecule has 1 atom stereocenters. The number of halogens is 2. The summed E-state index contributed by atoms with van der Waals surface area (Å²) in [5.74, 6) is -0.977. The van der Waals surface area contributed by atoms with Gasteiger partial charge in [0.15, 0.2) is 5.13 Å². The molecule has 0 aliphatic heterocycles. The monoisotopic (exact) mass is 528 g/mol. The molecule has 35 heavy (non-hydrogen) atoms. The van der Waals surface area contributed by atoms with E-state index in [1.165, 1.54) is 23.5 Å². The van der Waals surface area contributed by atoms with Crippen LogP contribution in [0.2, 0.25) is 0 Å². The lowest BCUT2D eigenvalue weighted by Gasteiger charge is -2.21. The molecular formula is C24H30F2N2O5S2. The van der Waals surface area contributed by atoms with E-state index in [9.17, 15) is 26.8 Å². The Morgan fingerprint density at radius 1 is 1.20 bits per heavy atom. The van der Waals surface area contributed by atoms with Crippen LogP contribution in [0.15, 0.2) is 34.5 Å². The van der Waals surface area contributed by atoms with Crippen molar-refractivity contribution < 1.29 is 31.5 Å². The molecule has 192 valence electrons. The number of amides is 1. The number of sulfone groups is 1. The molecule has 1 N–H and O–H groups in total. The Balaban J connectivity index is 1.80. The van der Waals surface area contributed by atoms with Crippen LogP contribution in [0.1, 0.15) is 69.5 Å². The fourth-order valence-corrected chi connectivity index (χ4v) is 6.15. The first-order valence-corrected chi connectivity index (χ1v) is 14.1. The molecule has 0 bridgehead atoms. The number of benzene rings is 1. The third kappa shape index (κ3) is 6.63. The number of alkyl halides is 2. The average Bonchev–Trinajstić information content (AvgIpc) is 3.49. The lowest BCUT2D eigenvalue weighted by Crippen LogP contribution is -2.28. The second-order valence-electron chi connectivity index (χ2n) is 8.62. The van der Waals surface area contributed by atoms with Gasteiger partial charge in [-0.1, -0.05) is 44.7 Å². The Labute approximate surface area is 208 Å². The number of carbonyl (C=O) groups is 2. The van der Waals surface area contributed by atoms with Crippen LogP contribution in [0, 0.1) is 5.92 Å². The summed E-state index contributed by atoms with van der Waals surface area (Å²) in [6, 6.07) is 5.16. The van der Waals surface area contributed by atoms with Crippen molar-refractivity contribution in [2.45, 2.75) is 74.9 Å². The Morgan fingerprint density at radius 3 is 2.46 bits per heavy atom. The zero-order valence-electron chi connectivity index (χ0n) is 19.8. The van der Waals surface area contributed by atoms with Gasteiger partial charge in [-0.2, -0.15) is 8.78 Å². The molecule has 1 unspecified atom stereocenters. The Morgan fingerprint density at radius 2 is 1.86 bits per heavy atom. The second kappa shape index (κ2) is 11.6. The number of aromatic nitrogens is 1. The van der Waals surface area contributed by atoms with Gasteiger partial charge in [0, 0.05) is 11.8 Å². The first-order chi connectivity index (χ1) is 16.6. The summed E-state index contributed by atoms with van der Waals surface area (Å²) in [4.78, 5) is 28.7. The van der Waals surface area contributed by atoms with E-state index in [4.69, 9.17) is 4.74 Å². The average molecular weight is 529 g/mol. The molecule has 1 aromatic carbocycles. The maximum atomic E-state index is 14.0. The summed E-state index contributed by atoms with van der Waals surface area (Å²) in [6.07, 6.45) is 3.92. The molecule has 1 fully saturated rings. The number of nitrogens with zero attached hydrogens (tertiary/aromatic N) is 1. The highest BCUT2D eigenvalue weighted by atomic mass is 32.2. The zero-order valence-corrected chi connectivity index (χ0v) is 21.4. The van der Waals surface area contributed by atoms with Gasteiger partial charge in [-0.05, 0) is 37.0 Å². The lowest BCUT2D eigenvalue weighted by atomic mass is 9.87. The van der Waals surface area contributed by atoms with Gasteiger partial charge in [0.25, 0.3) is 0 Å². The first kappa shape index (κ1) is 27.2. The third-order valence-corrected chi connectivity index (χ3v) is 8.94. The van der Waals surface area contributed by atoms with Crippen LogP contribution in [0.25, 0.3) is 0 Å². The molecule has 7 nitrogen and oxygen atoms in total. The van der Waals surface area contributed by atoms with E-state index in [-0.39, 0.29) is 18.9 Å². The number of ether oxygens (including phenoxy) is 1. The zero-order chi connectivity index (χ0) is 25.6. The summed E-state index contributed by atoms with van der Waals surface area (Å²) < 4.78 is 57.4. The van der Waals surface area contributed by atoms with Crippen LogP contribution in [-0.2, 0) is 30.6 Å². The number of hydrogen-bond acceptors (Lipinski definition) is 7. The number of hydrogen-bond donors (Lipinski definition) is 1. The second-order valence-corrected chi connectivity index (χ2v) is 11.6. The number of esters is 1. The van der Waals surface area contributed by atoms with Crippen LogP contribution in [0.5, 0.6) is 0 Å². The van der Waals surface area contributed by atoms with Crippen molar-refractivity contribution in [3.8, 4) is 0 Å². The minimum Gasteiger partial charge on any atom is -0.466 e.